The Morgan fingerprint density at radius 3 is 2.86 bits per heavy atom. The van der Waals surface area contributed by atoms with E-state index in [0.29, 0.717) is 11.1 Å². The van der Waals surface area contributed by atoms with Crippen molar-refractivity contribution in [2.24, 2.45) is 0 Å². The number of para-hydroxylation sites is 1. The van der Waals surface area contributed by atoms with Gasteiger partial charge in [-0.1, -0.05) is 18.2 Å². The largest absolute Gasteiger partial charge is 0.388 e. The lowest BCUT2D eigenvalue weighted by Crippen LogP contribution is -2.05. The normalized spacial score (nSPS) is 10.4. The number of benzene rings is 1. The van der Waals surface area contributed by atoms with Crippen LogP contribution in [0.15, 0.2) is 36.5 Å². The first-order chi connectivity index (χ1) is 6.83. The summed E-state index contributed by atoms with van der Waals surface area (Å²) in [7, 11) is 0. The van der Waals surface area contributed by atoms with E-state index in [1.165, 1.54) is 0 Å². The Morgan fingerprint density at radius 1 is 1.29 bits per heavy atom. The van der Waals surface area contributed by atoms with Crippen molar-refractivity contribution in [2.75, 3.05) is 6.61 Å². The summed E-state index contributed by atoms with van der Waals surface area (Å²) in [5.41, 5.74) is 1.12. The molecule has 0 aliphatic carbocycles. The van der Waals surface area contributed by atoms with Crippen LogP contribution in [0.5, 0.6) is 0 Å². The molecule has 0 bridgehead atoms. The second kappa shape index (κ2) is 3.55. The molecular weight excluding hydrogens is 178 g/mol. The molecule has 1 N–H and O–H groups in total. The van der Waals surface area contributed by atoms with Crippen LogP contribution < -0.4 is 0 Å². The van der Waals surface area contributed by atoms with Crippen molar-refractivity contribution in [1.29, 1.82) is 0 Å². The number of hydrogen-bond donors (Lipinski definition) is 1. The highest BCUT2D eigenvalue weighted by atomic mass is 16.3. The summed E-state index contributed by atoms with van der Waals surface area (Å²) in [6.45, 7) is -0.477. The van der Waals surface area contributed by atoms with E-state index >= 15 is 0 Å². The van der Waals surface area contributed by atoms with Crippen LogP contribution in [0, 0.1) is 0 Å². The molecule has 1 aromatic carbocycles. The van der Waals surface area contributed by atoms with Crippen LogP contribution in [0.3, 0.4) is 0 Å². The summed E-state index contributed by atoms with van der Waals surface area (Å²) in [5, 5.41) is 9.68. The van der Waals surface area contributed by atoms with Gasteiger partial charge in [0.1, 0.15) is 6.61 Å². The van der Waals surface area contributed by atoms with Gasteiger partial charge in [0.15, 0.2) is 5.78 Å². The zero-order valence-corrected chi connectivity index (χ0v) is 7.47. The number of carbonyl (C=O) groups is 1. The van der Waals surface area contributed by atoms with Crippen molar-refractivity contribution < 1.29 is 9.90 Å². The summed E-state index contributed by atoms with van der Waals surface area (Å²) >= 11 is 0. The third kappa shape index (κ3) is 1.38. The van der Waals surface area contributed by atoms with Crippen LogP contribution in [0.1, 0.15) is 10.4 Å². The number of hydrogen-bond acceptors (Lipinski definition) is 3. The zero-order valence-electron chi connectivity index (χ0n) is 7.47. The second-order valence-electron chi connectivity index (χ2n) is 2.96. The monoisotopic (exact) mass is 187 g/mol. The predicted molar refractivity (Wildman–Crippen MR) is 53.2 cm³/mol. The fourth-order valence-corrected chi connectivity index (χ4v) is 1.41. The molecule has 0 unspecified atom stereocenters. The Hall–Kier alpha value is -1.74. The van der Waals surface area contributed by atoms with E-state index in [1.54, 1.807) is 18.3 Å². The topological polar surface area (TPSA) is 50.2 Å². The molecule has 0 amide bonds. The quantitative estimate of drug-likeness (QED) is 0.723. The Morgan fingerprint density at radius 2 is 2.07 bits per heavy atom. The van der Waals surface area contributed by atoms with Gasteiger partial charge in [-0.25, -0.2) is 0 Å². The molecule has 0 radical (unpaired) electrons. The molecule has 70 valence electrons. The van der Waals surface area contributed by atoms with Gasteiger partial charge < -0.3 is 5.11 Å². The van der Waals surface area contributed by atoms with Crippen LogP contribution in [-0.2, 0) is 0 Å². The van der Waals surface area contributed by atoms with Crippen molar-refractivity contribution in [3.05, 3.63) is 42.1 Å². The maximum absolute atomic E-state index is 11.3. The lowest BCUT2D eigenvalue weighted by atomic mass is 10.1. The lowest BCUT2D eigenvalue weighted by molar-refractivity contribution is 0.0905. The van der Waals surface area contributed by atoms with Gasteiger partial charge in [0.05, 0.1) is 5.52 Å². The van der Waals surface area contributed by atoms with Gasteiger partial charge in [0.2, 0.25) is 0 Å². The maximum atomic E-state index is 11.3. The molecule has 0 fully saturated rings. The Labute approximate surface area is 81.0 Å². The minimum absolute atomic E-state index is 0.297. The van der Waals surface area contributed by atoms with E-state index in [2.05, 4.69) is 4.98 Å². The number of fused-ring (bicyclic) bond motifs is 1. The standard InChI is InChI=1S/C11H9NO2/c13-7-10(14)9-5-1-3-8-4-2-6-12-11(8)9/h1-6,13H,7H2. The lowest BCUT2D eigenvalue weighted by Gasteiger charge is -2.01. The number of Topliss-reactive ketones (excluding diaryl/α,β-unsaturated/α-hetero) is 1. The molecule has 1 heterocycles. The highest BCUT2D eigenvalue weighted by Gasteiger charge is 2.08. The average Bonchev–Trinajstić information content (AvgIpc) is 2.27. The minimum Gasteiger partial charge on any atom is -0.388 e. The van der Waals surface area contributed by atoms with E-state index in [9.17, 15) is 4.79 Å². The summed E-state index contributed by atoms with van der Waals surface area (Å²) in [4.78, 5) is 15.5. The Balaban J connectivity index is 2.71. The third-order valence-corrected chi connectivity index (χ3v) is 2.08. The average molecular weight is 187 g/mol. The van der Waals surface area contributed by atoms with Crippen molar-refractivity contribution in [3.8, 4) is 0 Å². The molecule has 0 saturated heterocycles. The molecule has 3 nitrogen and oxygen atoms in total. The van der Waals surface area contributed by atoms with Crippen molar-refractivity contribution in [2.45, 2.75) is 0 Å². The third-order valence-electron chi connectivity index (χ3n) is 2.08. The molecule has 0 saturated carbocycles. The molecular formula is C11H9NO2. The summed E-state index contributed by atoms with van der Waals surface area (Å²) in [6.07, 6.45) is 1.64. The number of pyridine rings is 1. The van der Waals surface area contributed by atoms with Crippen LogP contribution in [0.4, 0.5) is 0 Å². The van der Waals surface area contributed by atoms with Crippen molar-refractivity contribution >= 4 is 16.7 Å². The highest BCUT2D eigenvalue weighted by Crippen LogP contribution is 2.15. The number of rotatable bonds is 2. The van der Waals surface area contributed by atoms with E-state index in [4.69, 9.17) is 5.11 Å². The van der Waals surface area contributed by atoms with Crippen molar-refractivity contribution in [1.82, 2.24) is 4.98 Å². The van der Waals surface area contributed by atoms with Crippen LogP contribution in [0.2, 0.25) is 0 Å². The minimum atomic E-state index is -0.477. The molecule has 1 aromatic heterocycles. The van der Waals surface area contributed by atoms with Crippen LogP contribution in [0.25, 0.3) is 10.9 Å². The number of ketones is 1. The number of aliphatic hydroxyl groups excluding tert-OH is 1. The van der Waals surface area contributed by atoms with E-state index in [0.717, 1.165) is 5.39 Å². The fraction of sp³-hybridized carbons (Fsp3) is 0.0909. The molecule has 0 spiro atoms. The Bertz CT molecular complexity index is 474. The molecule has 2 rings (SSSR count). The molecule has 0 aliphatic rings. The van der Waals surface area contributed by atoms with Gasteiger partial charge in [-0.3, -0.25) is 9.78 Å². The van der Waals surface area contributed by atoms with Gasteiger partial charge in [-0.2, -0.15) is 0 Å². The Kier molecular flexibility index (Phi) is 2.24. The van der Waals surface area contributed by atoms with Gasteiger partial charge in [-0.15, -0.1) is 0 Å². The summed E-state index contributed by atoms with van der Waals surface area (Å²) < 4.78 is 0. The van der Waals surface area contributed by atoms with E-state index in [-0.39, 0.29) is 5.78 Å². The zero-order chi connectivity index (χ0) is 9.97. The second-order valence-corrected chi connectivity index (χ2v) is 2.96. The summed E-state index contributed by atoms with van der Waals surface area (Å²) in [6, 6.07) is 9.04. The first-order valence-corrected chi connectivity index (χ1v) is 4.31. The number of aliphatic hydroxyl groups is 1. The van der Waals surface area contributed by atoms with Gasteiger partial charge in [0, 0.05) is 17.1 Å². The SMILES string of the molecule is O=C(CO)c1cccc2cccnc12. The molecule has 0 atom stereocenters. The summed E-state index contributed by atoms with van der Waals surface area (Å²) in [5.74, 6) is -0.297. The molecule has 3 heteroatoms. The van der Waals surface area contributed by atoms with Crippen molar-refractivity contribution in [3.63, 3.8) is 0 Å². The highest BCUT2D eigenvalue weighted by molar-refractivity contribution is 6.07. The molecule has 0 aliphatic heterocycles. The predicted octanol–water partition coefficient (Wildman–Crippen LogP) is 1.41. The fourth-order valence-electron chi connectivity index (χ4n) is 1.41. The maximum Gasteiger partial charge on any atom is 0.190 e. The van der Waals surface area contributed by atoms with Gasteiger partial charge in [0.25, 0.3) is 0 Å². The number of carbonyl (C=O) groups excluding carboxylic acids is 1. The van der Waals surface area contributed by atoms with Crippen LogP contribution in [-0.4, -0.2) is 22.5 Å². The van der Waals surface area contributed by atoms with Gasteiger partial charge in [-0.05, 0) is 12.1 Å². The first kappa shape index (κ1) is 8.84. The number of nitrogens with zero attached hydrogens (tertiary/aromatic N) is 1. The smallest absolute Gasteiger partial charge is 0.190 e. The van der Waals surface area contributed by atoms with Crippen LogP contribution >= 0.6 is 0 Å². The van der Waals surface area contributed by atoms with E-state index < -0.39 is 6.61 Å². The number of aromatic nitrogens is 1. The van der Waals surface area contributed by atoms with E-state index in [1.807, 2.05) is 18.2 Å². The first-order valence-electron chi connectivity index (χ1n) is 4.31. The van der Waals surface area contributed by atoms with Gasteiger partial charge >= 0.3 is 0 Å². The molecule has 14 heavy (non-hydrogen) atoms. The molecule has 2 aromatic rings.